The Labute approximate surface area is 89.9 Å². The molecule has 1 aliphatic rings. The summed E-state index contributed by atoms with van der Waals surface area (Å²) >= 11 is 0. The molecule has 0 saturated heterocycles. The second kappa shape index (κ2) is 3.68. The smallest absolute Gasteiger partial charge is 0.294 e. The molecule has 0 aromatic rings. The number of ketones is 1. The highest BCUT2D eigenvalue weighted by molar-refractivity contribution is 5.87. The average molecular weight is 211 g/mol. The lowest BCUT2D eigenvalue weighted by Gasteiger charge is -2.21. The average Bonchev–Trinajstić information content (AvgIpc) is 2.45. The Bertz CT molecular complexity index is 325. The van der Waals surface area contributed by atoms with Crippen molar-refractivity contribution in [1.82, 2.24) is 0 Å². The summed E-state index contributed by atoms with van der Waals surface area (Å²) in [6.45, 7) is 9.13. The molecular formula is C11H17NO3. The van der Waals surface area contributed by atoms with Crippen LogP contribution in [-0.4, -0.2) is 17.5 Å². The summed E-state index contributed by atoms with van der Waals surface area (Å²) in [7, 11) is 0. The van der Waals surface area contributed by atoms with Crippen LogP contribution in [0.5, 0.6) is 0 Å². The van der Waals surface area contributed by atoms with Crippen molar-refractivity contribution in [3.63, 3.8) is 0 Å². The largest absolute Gasteiger partial charge is 0.430 e. The van der Waals surface area contributed by atoms with E-state index in [0.717, 1.165) is 0 Å². The van der Waals surface area contributed by atoms with Crippen molar-refractivity contribution in [2.45, 2.75) is 40.4 Å². The van der Waals surface area contributed by atoms with Gasteiger partial charge < -0.3 is 9.57 Å². The van der Waals surface area contributed by atoms with Crippen LogP contribution >= 0.6 is 0 Å². The van der Waals surface area contributed by atoms with Crippen molar-refractivity contribution in [2.75, 3.05) is 0 Å². The fraction of sp³-hybridized carbons (Fsp3) is 0.636. The van der Waals surface area contributed by atoms with Gasteiger partial charge in [0.15, 0.2) is 5.78 Å². The number of carbonyl (C=O) groups excluding carboxylic acids is 1. The van der Waals surface area contributed by atoms with Crippen LogP contribution in [0.1, 0.15) is 34.6 Å². The highest BCUT2D eigenvalue weighted by Gasteiger charge is 2.38. The van der Waals surface area contributed by atoms with Crippen LogP contribution in [-0.2, 0) is 14.4 Å². The minimum Gasteiger partial charge on any atom is -0.430 e. The number of nitrogens with zero attached hydrogens (tertiary/aromatic N) is 1. The topological polar surface area (TPSA) is 47.9 Å². The maximum absolute atomic E-state index is 10.8. The number of carbonyl (C=O) groups is 1. The van der Waals surface area contributed by atoms with Gasteiger partial charge in [0.1, 0.15) is 0 Å². The Hall–Kier alpha value is -1.32. The summed E-state index contributed by atoms with van der Waals surface area (Å²) in [6, 6.07) is 0. The molecule has 1 heterocycles. The van der Waals surface area contributed by atoms with Crippen molar-refractivity contribution in [3.05, 3.63) is 12.2 Å². The Balaban J connectivity index is 2.70. The fourth-order valence-electron chi connectivity index (χ4n) is 0.985. The van der Waals surface area contributed by atoms with Crippen molar-refractivity contribution in [1.29, 1.82) is 0 Å². The van der Waals surface area contributed by atoms with Crippen LogP contribution in [0, 0.1) is 5.41 Å². The molecule has 1 rings (SSSR count). The van der Waals surface area contributed by atoms with Crippen molar-refractivity contribution in [3.8, 4) is 0 Å². The van der Waals surface area contributed by atoms with Crippen molar-refractivity contribution >= 4 is 11.7 Å². The van der Waals surface area contributed by atoms with Gasteiger partial charge in [-0.25, -0.2) is 0 Å². The predicted molar refractivity (Wildman–Crippen MR) is 57.3 cm³/mol. The number of allylic oxidation sites excluding steroid dienone is 1. The third-order valence-corrected chi connectivity index (χ3v) is 1.87. The summed E-state index contributed by atoms with van der Waals surface area (Å²) in [6.07, 6.45) is 2.98. The molecule has 84 valence electrons. The van der Waals surface area contributed by atoms with Crippen LogP contribution in [0.2, 0.25) is 0 Å². The molecule has 0 fully saturated rings. The maximum atomic E-state index is 10.8. The van der Waals surface area contributed by atoms with Crippen LogP contribution in [0.4, 0.5) is 0 Å². The van der Waals surface area contributed by atoms with Crippen LogP contribution in [0.25, 0.3) is 0 Å². The monoisotopic (exact) mass is 211 g/mol. The van der Waals surface area contributed by atoms with Crippen molar-refractivity contribution in [2.24, 2.45) is 10.6 Å². The molecule has 0 spiro atoms. The molecule has 0 aromatic carbocycles. The summed E-state index contributed by atoms with van der Waals surface area (Å²) < 4.78 is 5.55. The summed E-state index contributed by atoms with van der Waals surface area (Å²) in [5.74, 6) is -0.459. The van der Waals surface area contributed by atoms with E-state index >= 15 is 0 Å². The summed E-state index contributed by atoms with van der Waals surface area (Å²) in [5.41, 5.74) is -0.193. The first kappa shape index (κ1) is 11.8. The molecule has 0 aliphatic carbocycles. The lowest BCUT2D eigenvalue weighted by atomic mass is 9.97. The van der Waals surface area contributed by atoms with Gasteiger partial charge in [-0.05, 0) is 18.2 Å². The van der Waals surface area contributed by atoms with Crippen LogP contribution < -0.4 is 0 Å². The zero-order chi connectivity index (χ0) is 11.7. The number of rotatable bonds is 2. The molecule has 0 aromatic heterocycles. The molecule has 0 N–H and O–H groups in total. The molecule has 1 aliphatic heterocycles. The van der Waals surface area contributed by atoms with Gasteiger partial charge in [-0.3, -0.25) is 4.79 Å². The van der Waals surface area contributed by atoms with Gasteiger partial charge in [0.2, 0.25) is 5.90 Å². The van der Waals surface area contributed by atoms with Gasteiger partial charge in [0.05, 0.1) is 0 Å². The van der Waals surface area contributed by atoms with E-state index in [4.69, 9.17) is 9.57 Å². The minimum atomic E-state index is -0.950. The SMILES string of the molecule is CC(=O)/C=C\C1(C)ON=C(C(C)(C)C)O1. The van der Waals surface area contributed by atoms with Gasteiger partial charge >= 0.3 is 0 Å². The Morgan fingerprint density at radius 3 is 2.47 bits per heavy atom. The van der Waals surface area contributed by atoms with Gasteiger partial charge in [-0.15, -0.1) is 0 Å². The molecule has 0 amide bonds. The zero-order valence-electron chi connectivity index (χ0n) is 9.83. The van der Waals surface area contributed by atoms with E-state index in [0.29, 0.717) is 5.90 Å². The van der Waals surface area contributed by atoms with Crippen molar-refractivity contribution < 1.29 is 14.4 Å². The number of ether oxygens (including phenoxy) is 1. The van der Waals surface area contributed by atoms with Gasteiger partial charge in [0, 0.05) is 18.4 Å². The molecule has 1 atom stereocenters. The zero-order valence-corrected chi connectivity index (χ0v) is 9.83. The van der Waals surface area contributed by atoms with E-state index < -0.39 is 5.79 Å². The van der Waals surface area contributed by atoms with E-state index in [1.54, 1.807) is 13.0 Å². The maximum Gasteiger partial charge on any atom is 0.294 e. The third kappa shape index (κ3) is 3.08. The normalized spacial score (nSPS) is 26.1. The quantitative estimate of drug-likeness (QED) is 0.658. The lowest BCUT2D eigenvalue weighted by Crippen LogP contribution is -2.30. The van der Waals surface area contributed by atoms with E-state index in [1.165, 1.54) is 13.0 Å². The Morgan fingerprint density at radius 2 is 2.07 bits per heavy atom. The van der Waals surface area contributed by atoms with Gasteiger partial charge in [-0.2, -0.15) is 0 Å². The van der Waals surface area contributed by atoms with E-state index in [2.05, 4.69) is 5.16 Å². The van der Waals surface area contributed by atoms with E-state index in [-0.39, 0.29) is 11.2 Å². The standard InChI is InChI=1S/C11H17NO3/c1-8(13)6-7-11(5)14-9(12-15-11)10(2,3)4/h6-7H,1-5H3/b7-6-. The molecular weight excluding hydrogens is 194 g/mol. The van der Waals surface area contributed by atoms with E-state index in [9.17, 15) is 4.79 Å². The van der Waals surface area contributed by atoms with Crippen LogP contribution in [0.15, 0.2) is 17.3 Å². The molecule has 0 saturated carbocycles. The number of hydrogen-bond acceptors (Lipinski definition) is 4. The first-order valence-corrected chi connectivity index (χ1v) is 4.88. The Morgan fingerprint density at radius 1 is 1.47 bits per heavy atom. The highest BCUT2D eigenvalue weighted by atomic mass is 16.8. The molecule has 0 radical (unpaired) electrons. The second-order valence-electron chi connectivity index (χ2n) is 4.80. The summed E-state index contributed by atoms with van der Waals surface area (Å²) in [5, 5.41) is 3.87. The second-order valence-corrected chi connectivity index (χ2v) is 4.80. The third-order valence-electron chi connectivity index (χ3n) is 1.87. The highest BCUT2D eigenvalue weighted by Crippen LogP contribution is 2.29. The lowest BCUT2D eigenvalue weighted by molar-refractivity contribution is -0.115. The first-order valence-electron chi connectivity index (χ1n) is 4.88. The predicted octanol–water partition coefficient (Wildman–Crippen LogP) is 2.25. The first-order chi connectivity index (χ1) is 6.73. The molecule has 15 heavy (non-hydrogen) atoms. The molecule has 4 nitrogen and oxygen atoms in total. The number of hydrogen-bond donors (Lipinski definition) is 0. The van der Waals surface area contributed by atoms with E-state index in [1.807, 2.05) is 20.8 Å². The number of oxime groups is 1. The molecule has 4 heteroatoms. The summed E-state index contributed by atoms with van der Waals surface area (Å²) in [4.78, 5) is 15.9. The van der Waals surface area contributed by atoms with Gasteiger partial charge in [-0.1, -0.05) is 20.8 Å². The fourth-order valence-corrected chi connectivity index (χ4v) is 0.985. The molecule has 0 bridgehead atoms. The minimum absolute atomic E-state index is 0.0485. The van der Waals surface area contributed by atoms with Crippen LogP contribution in [0.3, 0.4) is 0 Å². The van der Waals surface area contributed by atoms with Gasteiger partial charge in [0.25, 0.3) is 5.79 Å². The molecule has 1 unspecified atom stereocenters. The Kier molecular flexibility index (Phi) is 2.88.